The van der Waals surface area contributed by atoms with Crippen LogP contribution in [0.4, 0.5) is 10.5 Å². The molecule has 10 heteroatoms. The molecule has 2 heterocycles. The van der Waals surface area contributed by atoms with E-state index < -0.39 is 11.7 Å². The molecule has 1 unspecified atom stereocenters. The molecule has 1 atom stereocenters. The molecule has 2 N–H and O–H groups in total. The van der Waals surface area contributed by atoms with Crippen LogP contribution in [0.15, 0.2) is 47.3 Å². The summed E-state index contributed by atoms with van der Waals surface area (Å²) in [6, 6.07) is 6.75. The number of nitrogens with one attached hydrogen (secondary N) is 1. The van der Waals surface area contributed by atoms with E-state index in [-0.39, 0.29) is 0 Å². The Hall–Kier alpha value is -2.62. The molecule has 3 aromatic rings. The number of halogens is 2. The van der Waals surface area contributed by atoms with E-state index in [1.807, 2.05) is 6.07 Å². The van der Waals surface area contributed by atoms with Crippen LogP contribution in [0.1, 0.15) is 23.2 Å². The van der Waals surface area contributed by atoms with Crippen LogP contribution in [0.3, 0.4) is 0 Å². The van der Waals surface area contributed by atoms with Crippen LogP contribution in [0.25, 0.3) is 5.69 Å². The Morgan fingerprint density at radius 1 is 1.48 bits per heavy atom. The minimum absolute atomic E-state index is 0.309. The zero-order valence-electron chi connectivity index (χ0n) is 15.2. The van der Waals surface area contributed by atoms with Crippen LogP contribution >= 0.6 is 27.5 Å². The van der Waals surface area contributed by atoms with Crippen LogP contribution < -0.4 is 10.0 Å². The van der Waals surface area contributed by atoms with Crippen molar-refractivity contribution in [1.29, 1.82) is 0 Å². The van der Waals surface area contributed by atoms with Gasteiger partial charge in [-0.25, -0.2) is 9.48 Å². The molecule has 1 amide bonds. The molecule has 0 saturated heterocycles. The number of aromatic nitrogens is 3. The monoisotopic (exact) mass is 478 g/mol. The summed E-state index contributed by atoms with van der Waals surface area (Å²) in [7, 11) is 1.27. The van der Waals surface area contributed by atoms with E-state index in [0.29, 0.717) is 49.7 Å². The quantitative estimate of drug-likeness (QED) is 0.443. The van der Waals surface area contributed by atoms with Crippen molar-refractivity contribution in [2.75, 3.05) is 12.4 Å². The lowest BCUT2D eigenvalue weighted by Gasteiger charge is -2.20. The first-order valence-corrected chi connectivity index (χ1v) is 9.83. The van der Waals surface area contributed by atoms with Crippen molar-refractivity contribution >= 4 is 39.3 Å². The highest BCUT2D eigenvalue weighted by atomic mass is 79.9. The largest absolute Gasteiger partial charge is 0.618 e. The number of fused-ring (bicyclic) bond motifs is 1. The fourth-order valence-corrected chi connectivity index (χ4v) is 4.28. The normalized spacial score (nSPS) is 17.8. The lowest BCUT2D eigenvalue weighted by Crippen LogP contribution is -2.41. The third-order valence-corrected chi connectivity index (χ3v) is 5.65. The molecule has 0 spiro atoms. The second-order valence-electron chi connectivity index (χ2n) is 6.67. The summed E-state index contributed by atoms with van der Waals surface area (Å²) in [5.74, 6) is 0. The first-order valence-electron chi connectivity index (χ1n) is 8.66. The van der Waals surface area contributed by atoms with Gasteiger partial charge in [-0.05, 0) is 53.0 Å². The van der Waals surface area contributed by atoms with Gasteiger partial charge in [-0.2, -0.15) is 9.83 Å². The standard InChI is InChI=1S/C19H16BrClN4O4/c1-29-18(26)23-14-2-3-16(15(21)7-14)24-9-12(8-22-24)19(27)5-4-11-6-13(20)10-25(28)17(11)19/h2-3,6-10,27H,4-5H2,1H3,(H,23,26). The highest BCUT2D eigenvalue weighted by Gasteiger charge is 2.46. The maximum Gasteiger partial charge on any atom is 0.411 e. The number of hydrogen-bond acceptors (Lipinski definition) is 5. The van der Waals surface area contributed by atoms with Gasteiger partial charge >= 0.3 is 6.09 Å². The molecule has 0 bridgehead atoms. The van der Waals surface area contributed by atoms with E-state index in [2.05, 4.69) is 31.1 Å². The predicted octanol–water partition coefficient (Wildman–Crippen LogP) is 3.28. The molecule has 4 rings (SSSR count). The summed E-state index contributed by atoms with van der Waals surface area (Å²) in [5, 5.41) is 30.9. The number of carbonyl (C=O) groups is 1. The van der Waals surface area contributed by atoms with E-state index in [1.54, 1.807) is 24.4 Å². The zero-order valence-corrected chi connectivity index (χ0v) is 17.6. The fourth-order valence-electron chi connectivity index (χ4n) is 3.55. The topological polar surface area (TPSA) is 103 Å². The molecular weight excluding hydrogens is 464 g/mol. The van der Waals surface area contributed by atoms with Gasteiger partial charge in [0.15, 0.2) is 11.8 Å². The first-order chi connectivity index (χ1) is 13.8. The number of benzene rings is 1. The number of carbonyl (C=O) groups excluding carboxylic acids is 1. The van der Waals surface area contributed by atoms with E-state index in [9.17, 15) is 15.1 Å². The Balaban J connectivity index is 1.68. The average Bonchev–Trinajstić information content (AvgIpc) is 3.28. The molecule has 1 aliphatic carbocycles. The average molecular weight is 480 g/mol. The summed E-state index contributed by atoms with van der Waals surface area (Å²) in [5.41, 5.74) is 1.19. The third-order valence-electron chi connectivity index (χ3n) is 4.91. The molecule has 29 heavy (non-hydrogen) atoms. The number of ether oxygens (including phenoxy) is 1. The van der Waals surface area contributed by atoms with E-state index in [0.717, 1.165) is 5.56 Å². The number of aliphatic hydroxyl groups is 1. The van der Waals surface area contributed by atoms with Gasteiger partial charge in [0.05, 0.1) is 28.5 Å². The van der Waals surface area contributed by atoms with E-state index in [1.165, 1.54) is 24.2 Å². The Morgan fingerprint density at radius 3 is 3.00 bits per heavy atom. The SMILES string of the molecule is COC(=O)Nc1ccc(-n2cc(C3(O)CCc4cc(Br)c[n+]([O-])c43)cn2)c(Cl)c1. The molecule has 0 fully saturated rings. The molecule has 1 aromatic carbocycles. The van der Waals surface area contributed by atoms with Gasteiger partial charge in [-0.1, -0.05) is 11.6 Å². The van der Waals surface area contributed by atoms with Crippen molar-refractivity contribution in [1.82, 2.24) is 9.78 Å². The van der Waals surface area contributed by atoms with Gasteiger partial charge < -0.3 is 15.1 Å². The van der Waals surface area contributed by atoms with E-state index >= 15 is 0 Å². The van der Waals surface area contributed by atoms with Crippen molar-refractivity contribution < 1.29 is 19.4 Å². The van der Waals surface area contributed by atoms with Crippen molar-refractivity contribution in [2.24, 2.45) is 0 Å². The van der Waals surface area contributed by atoms with Crippen molar-refractivity contribution in [3.63, 3.8) is 0 Å². The summed E-state index contributed by atoms with van der Waals surface area (Å²) in [4.78, 5) is 11.3. The number of rotatable bonds is 3. The smallest absolute Gasteiger partial charge is 0.411 e. The maximum absolute atomic E-state index is 12.4. The zero-order chi connectivity index (χ0) is 20.8. The Morgan fingerprint density at radius 2 is 2.28 bits per heavy atom. The van der Waals surface area contributed by atoms with Crippen molar-refractivity contribution in [3.8, 4) is 5.69 Å². The van der Waals surface area contributed by atoms with E-state index in [4.69, 9.17) is 11.6 Å². The van der Waals surface area contributed by atoms with Crippen molar-refractivity contribution in [2.45, 2.75) is 18.4 Å². The lowest BCUT2D eigenvalue weighted by atomic mass is 9.94. The molecule has 1 aliphatic rings. The number of amides is 1. The van der Waals surface area contributed by atoms with Gasteiger partial charge in [0.1, 0.15) is 0 Å². The van der Waals surface area contributed by atoms with Crippen LogP contribution in [-0.2, 0) is 16.8 Å². The molecule has 0 saturated carbocycles. The summed E-state index contributed by atoms with van der Waals surface area (Å²) in [6.45, 7) is 0. The number of nitrogens with zero attached hydrogens (tertiary/aromatic N) is 3. The van der Waals surface area contributed by atoms with Gasteiger partial charge in [0.2, 0.25) is 5.69 Å². The number of methoxy groups -OCH3 is 1. The van der Waals surface area contributed by atoms with Gasteiger partial charge in [0.25, 0.3) is 0 Å². The Kier molecular flexibility index (Phi) is 4.97. The number of pyridine rings is 1. The molecule has 0 aliphatic heterocycles. The highest BCUT2D eigenvalue weighted by Crippen LogP contribution is 2.41. The third kappa shape index (κ3) is 3.45. The second kappa shape index (κ2) is 7.33. The molecular formula is C19H16BrClN4O4. The minimum Gasteiger partial charge on any atom is -0.618 e. The first kappa shape index (κ1) is 19.7. The number of hydrogen-bond donors (Lipinski definition) is 2. The van der Waals surface area contributed by atoms with Gasteiger partial charge in [-0.15, -0.1) is 0 Å². The summed E-state index contributed by atoms with van der Waals surface area (Å²) >= 11 is 9.65. The minimum atomic E-state index is -1.44. The highest BCUT2D eigenvalue weighted by molar-refractivity contribution is 9.10. The Bertz CT molecular complexity index is 1120. The molecule has 8 nitrogen and oxygen atoms in total. The number of aryl methyl sites for hydroxylation is 1. The van der Waals surface area contributed by atoms with Crippen molar-refractivity contribution in [3.05, 3.63) is 74.4 Å². The van der Waals surface area contributed by atoms with Gasteiger partial charge in [-0.3, -0.25) is 5.32 Å². The summed E-state index contributed by atoms with van der Waals surface area (Å²) < 4.78 is 7.44. The molecule has 150 valence electrons. The lowest BCUT2D eigenvalue weighted by molar-refractivity contribution is -0.621. The van der Waals surface area contributed by atoms with Gasteiger partial charge in [0, 0.05) is 23.0 Å². The Labute approximate surface area is 179 Å². The maximum atomic E-state index is 12.4. The number of anilines is 1. The summed E-state index contributed by atoms with van der Waals surface area (Å²) in [6.07, 6.45) is 4.90. The molecule has 2 aromatic heterocycles. The van der Waals surface area contributed by atoms with Crippen LogP contribution in [0.5, 0.6) is 0 Å². The van der Waals surface area contributed by atoms with Crippen LogP contribution in [0, 0.1) is 5.21 Å². The fraction of sp³-hybridized carbons (Fsp3) is 0.211. The molecule has 0 radical (unpaired) electrons. The predicted molar refractivity (Wildman–Crippen MR) is 109 cm³/mol. The second-order valence-corrected chi connectivity index (χ2v) is 8.00. The van der Waals surface area contributed by atoms with Crippen LogP contribution in [0.2, 0.25) is 5.02 Å². The van der Waals surface area contributed by atoms with Crippen LogP contribution in [-0.4, -0.2) is 28.1 Å².